The number of aldehydes is 1. The molecular formula is C8H6ClFO. The van der Waals surface area contributed by atoms with Crippen LogP contribution in [0.25, 0.3) is 0 Å². The van der Waals surface area contributed by atoms with Gasteiger partial charge in [0, 0.05) is 5.88 Å². The number of carbonyl (C=O) groups is 1. The SMILES string of the molecule is O=Cc1c(F)cccc1CCl. The zero-order valence-corrected chi connectivity index (χ0v) is 6.44. The molecular weight excluding hydrogens is 167 g/mol. The molecule has 0 heterocycles. The summed E-state index contributed by atoms with van der Waals surface area (Å²) >= 11 is 5.46. The third-order valence-electron chi connectivity index (χ3n) is 1.41. The van der Waals surface area contributed by atoms with E-state index in [1.165, 1.54) is 12.1 Å². The Bertz CT molecular complexity index is 273. The molecule has 1 rings (SSSR count). The van der Waals surface area contributed by atoms with Crippen LogP contribution >= 0.6 is 11.6 Å². The molecule has 0 unspecified atom stereocenters. The van der Waals surface area contributed by atoms with Crippen LogP contribution in [0.5, 0.6) is 0 Å². The second-order valence-corrected chi connectivity index (χ2v) is 2.33. The molecule has 1 nitrogen and oxygen atoms in total. The first-order chi connectivity index (χ1) is 5.29. The van der Waals surface area contributed by atoms with Crippen molar-refractivity contribution in [2.75, 3.05) is 0 Å². The van der Waals surface area contributed by atoms with Gasteiger partial charge in [0.25, 0.3) is 0 Å². The summed E-state index contributed by atoms with van der Waals surface area (Å²) in [6, 6.07) is 4.39. The highest BCUT2D eigenvalue weighted by Gasteiger charge is 2.04. The molecule has 3 heteroatoms. The van der Waals surface area contributed by atoms with E-state index in [0.717, 1.165) is 0 Å². The van der Waals surface area contributed by atoms with E-state index >= 15 is 0 Å². The second kappa shape index (κ2) is 3.49. The van der Waals surface area contributed by atoms with Gasteiger partial charge in [0.15, 0.2) is 6.29 Å². The quantitative estimate of drug-likeness (QED) is 0.495. The van der Waals surface area contributed by atoms with Crippen LogP contribution in [-0.2, 0) is 5.88 Å². The normalized spacial score (nSPS) is 9.64. The van der Waals surface area contributed by atoms with Gasteiger partial charge in [-0.1, -0.05) is 12.1 Å². The molecule has 0 aliphatic carbocycles. The smallest absolute Gasteiger partial charge is 0.153 e. The van der Waals surface area contributed by atoms with E-state index in [1.807, 2.05) is 0 Å². The Hall–Kier alpha value is -0.890. The molecule has 0 aliphatic heterocycles. The number of carbonyl (C=O) groups excluding carboxylic acids is 1. The van der Waals surface area contributed by atoms with E-state index < -0.39 is 5.82 Å². The maximum atomic E-state index is 12.7. The fourth-order valence-corrected chi connectivity index (χ4v) is 1.06. The summed E-state index contributed by atoms with van der Waals surface area (Å²) in [6.07, 6.45) is 0.479. The highest BCUT2D eigenvalue weighted by Crippen LogP contribution is 2.12. The van der Waals surface area contributed by atoms with Crippen LogP contribution < -0.4 is 0 Å². The summed E-state index contributed by atoms with van der Waals surface area (Å²) in [7, 11) is 0. The van der Waals surface area contributed by atoms with Crippen LogP contribution in [0, 0.1) is 5.82 Å². The van der Waals surface area contributed by atoms with Gasteiger partial charge in [-0.25, -0.2) is 4.39 Å². The number of benzene rings is 1. The van der Waals surface area contributed by atoms with Crippen molar-refractivity contribution < 1.29 is 9.18 Å². The summed E-state index contributed by atoms with van der Waals surface area (Å²) in [6.45, 7) is 0. The molecule has 0 aromatic heterocycles. The topological polar surface area (TPSA) is 17.1 Å². The lowest BCUT2D eigenvalue weighted by Crippen LogP contribution is -1.93. The van der Waals surface area contributed by atoms with Crippen molar-refractivity contribution in [2.24, 2.45) is 0 Å². The van der Waals surface area contributed by atoms with Gasteiger partial charge >= 0.3 is 0 Å². The van der Waals surface area contributed by atoms with Gasteiger partial charge in [-0.15, -0.1) is 11.6 Å². The van der Waals surface area contributed by atoms with Gasteiger partial charge in [0.05, 0.1) is 5.56 Å². The molecule has 11 heavy (non-hydrogen) atoms. The molecule has 0 fully saturated rings. The average Bonchev–Trinajstić information content (AvgIpc) is 2.04. The highest BCUT2D eigenvalue weighted by atomic mass is 35.5. The summed E-state index contributed by atoms with van der Waals surface area (Å²) in [5.74, 6) is -0.357. The Morgan fingerprint density at radius 2 is 2.27 bits per heavy atom. The highest BCUT2D eigenvalue weighted by molar-refractivity contribution is 6.17. The van der Waals surface area contributed by atoms with Crippen molar-refractivity contribution in [2.45, 2.75) is 5.88 Å². The average molecular weight is 173 g/mol. The fraction of sp³-hybridized carbons (Fsp3) is 0.125. The molecule has 1 aromatic rings. The van der Waals surface area contributed by atoms with Gasteiger partial charge in [-0.2, -0.15) is 0 Å². The molecule has 1 aromatic carbocycles. The van der Waals surface area contributed by atoms with Gasteiger partial charge in [0.1, 0.15) is 5.82 Å². The largest absolute Gasteiger partial charge is 0.298 e. The van der Waals surface area contributed by atoms with Crippen molar-refractivity contribution in [1.82, 2.24) is 0 Å². The Morgan fingerprint density at radius 3 is 2.73 bits per heavy atom. The zero-order chi connectivity index (χ0) is 8.27. The lowest BCUT2D eigenvalue weighted by Gasteiger charge is -1.99. The predicted octanol–water partition coefficient (Wildman–Crippen LogP) is 2.38. The zero-order valence-electron chi connectivity index (χ0n) is 5.68. The van der Waals surface area contributed by atoms with E-state index in [-0.39, 0.29) is 11.4 Å². The minimum Gasteiger partial charge on any atom is -0.298 e. The fourth-order valence-electron chi connectivity index (χ4n) is 0.830. The molecule has 0 radical (unpaired) electrons. The van der Waals surface area contributed by atoms with Gasteiger partial charge < -0.3 is 0 Å². The number of hydrogen-bond acceptors (Lipinski definition) is 1. The molecule has 0 spiro atoms. The van der Waals surface area contributed by atoms with E-state index in [9.17, 15) is 9.18 Å². The van der Waals surface area contributed by atoms with Crippen LogP contribution in [0.4, 0.5) is 4.39 Å². The van der Waals surface area contributed by atoms with E-state index in [1.54, 1.807) is 6.07 Å². The van der Waals surface area contributed by atoms with Crippen LogP contribution in [0.2, 0.25) is 0 Å². The van der Waals surface area contributed by atoms with Crippen LogP contribution in [0.1, 0.15) is 15.9 Å². The minimum absolute atomic E-state index is 0.0579. The Morgan fingerprint density at radius 1 is 1.55 bits per heavy atom. The van der Waals surface area contributed by atoms with Crippen LogP contribution in [0.15, 0.2) is 18.2 Å². The molecule has 0 saturated heterocycles. The van der Waals surface area contributed by atoms with Gasteiger partial charge in [-0.05, 0) is 11.6 Å². The number of hydrogen-bond donors (Lipinski definition) is 0. The minimum atomic E-state index is -0.516. The predicted molar refractivity (Wildman–Crippen MR) is 41.3 cm³/mol. The third-order valence-corrected chi connectivity index (χ3v) is 1.69. The second-order valence-electron chi connectivity index (χ2n) is 2.06. The van der Waals surface area contributed by atoms with Crippen molar-refractivity contribution >= 4 is 17.9 Å². The summed E-state index contributed by atoms with van der Waals surface area (Å²) < 4.78 is 12.7. The number of halogens is 2. The number of rotatable bonds is 2. The third kappa shape index (κ3) is 1.57. The molecule has 0 saturated carbocycles. The van der Waals surface area contributed by atoms with E-state index in [2.05, 4.69) is 0 Å². The van der Waals surface area contributed by atoms with Crippen LogP contribution in [-0.4, -0.2) is 6.29 Å². The first-order valence-corrected chi connectivity index (χ1v) is 3.61. The summed E-state index contributed by atoms with van der Waals surface area (Å²) in [4.78, 5) is 10.3. The lowest BCUT2D eigenvalue weighted by molar-refractivity contribution is 0.111. The van der Waals surface area contributed by atoms with E-state index in [0.29, 0.717) is 11.8 Å². The molecule has 0 N–H and O–H groups in total. The standard InChI is InChI=1S/C8H6ClFO/c9-4-6-2-1-3-8(10)7(6)5-11/h1-3,5H,4H2. The Balaban J connectivity index is 3.24. The van der Waals surface area contributed by atoms with E-state index in [4.69, 9.17) is 11.6 Å². The Labute approximate surface area is 68.8 Å². The molecule has 0 atom stereocenters. The van der Waals surface area contributed by atoms with Crippen LogP contribution in [0.3, 0.4) is 0 Å². The summed E-state index contributed by atoms with van der Waals surface area (Å²) in [5, 5.41) is 0. The molecule has 0 amide bonds. The molecule has 58 valence electrons. The lowest BCUT2D eigenvalue weighted by atomic mass is 10.1. The number of alkyl halides is 1. The first kappa shape index (κ1) is 8.21. The Kier molecular flexibility index (Phi) is 2.60. The maximum absolute atomic E-state index is 12.7. The maximum Gasteiger partial charge on any atom is 0.153 e. The first-order valence-electron chi connectivity index (χ1n) is 3.08. The van der Waals surface area contributed by atoms with Crippen molar-refractivity contribution in [3.8, 4) is 0 Å². The van der Waals surface area contributed by atoms with Gasteiger partial charge in [0.2, 0.25) is 0 Å². The molecule has 0 aliphatic rings. The molecule has 0 bridgehead atoms. The van der Waals surface area contributed by atoms with Crippen molar-refractivity contribution in [3.05, 3.63) is 35.1 Å². The van der Waals surface area contributed by atoms with Crippen molar-refractivity contribution in [3.63, 3.8) is 0 Å². The monoisotopic (exact) mass is 172 g/mol. The summed E-state index contributed by atoms with van der Waals surface area (Å²) in [5.41, 5.74) is 0.587. The van der Waals surface area contributed by atoms with Crippen molar-refractivity contribution in [1.29, 1.82) is 0 Å². The van der Waals surface area contributed by atoms with Gasteiger partial charge in [-0.3, -0.25) is 4.79 Å².